The molecule has 43 heavy (non-hydrogen) atoms. The average molecular weight is 684 g/mol. The summed E-state index contributed by atoms with van der Waals surface area (Å²) < 4.78 is 103. The predicted octanol–water partition coefficient (Wildman–Crippen LogP) is 7.12. The largest absolute Gasteiger partial charge is 0.406 e. The van der Waals surface area contributed by atoms with Crippen molar-refractivity contribution in [3.05, 3.63) is 45.9 Å². The fourth-order valence-electron chi connectivity index (χ4n) is 5.46. The number of aromatic nitrogens is 2. The number of piperazine rings is 1. The molecule has 1 saturated heterocycles. The Labute approximate surface area is 253 Å². The number of nitrogens with zero attached hydrogens (tertiary/aromatic N) is 4. The van der Waals surface area contributed by atoms with E-state index in [-0.39, 0.29) is 54.9 Å². The number of rotatable bonds is 9. The lowest BCUT2D eigenvalue weighted by Crippen LogP contribution is -2.49. The van der Waals surface area contributed by atoms with Gasteiger partial charge in [0.25, 0.3) is 0 Å². The second kappa shape index (κ2) is 12.5. The number of fused-ring (bicyclic) bond motifs is 1. The average Bonchev–Trinajstić information content (AvgIpc) is 3.17. The molecule has 0 spiro atoms. The highest BCUT2D eigenvalue weighted by molar-refractivity contribution is 9.10. The van der Waals surface area contributed by atoms with Crippen molar-refractivity contribution in [2.24, 2.45) is 5.41 Å². The summed E-state index contributed by atoms with van der Waals surface area (Å²) in [6.45, 7) is 3.34. The lowest BCUT2D eigenvalue weighted by Gasteiger charge is -2.36. The van der Waals surface area contributed by atoms with Crippen LogP contribution >= 0.6 is 15.9 Å². The molecule has 1 N–H and O–H groups in total. The third-order valence-electron chi connectivity index (χ3n) is 7.67. The van der Waals surface area contributed by atoms with Crippen molar-refractivity contribution in [1.29, 1.82) is 0 Å². The summed E-state index contributed by atoms with van der Waals surface area (Å²) in [4.78, 5) is 7.74. The number of aliphatic hydroxyl groups is 1. The van der Waals surface area contributed by atoms with Gasteiger partial charge in [0, 0.05) is 50.8 Å². The summed E-state index contributed by atoms with van der Waals surface area (Å²) in [6.07, 6.45) is -7.95. The molecule has 0 aliphatic carbocycles. The zero-order chi connectivity index (χ0) is 31.9. The highest BCUT2D eigenvalue weighted by atomic mass is 79.9. The number of halogens is 8. The minimum absolute atomic E-state index is 0.0268. The van der Waals surface area contributed by atoms with Gasteiger partial charge in [0.1, 0.15) is 12.4 Å². The zero-order valence-electron chi connectivity index (χ0n) is 24.2. The molecule has 0 amide bonds. The van der Waals surface area contributed by atoms with Gasteiger partial charge in [-0.15, -0.1) is 0 Å². The van der Waals surface area contributed by atoms with E-state index in [1.165, 1.54) is 24.3 Å². The molecular formula is C29H34BrF7N4O2. The van der Waals surface area contributed by atoms with E-state index in [2.05, 4.69) is 20.9 Å². The summed E-state index contributed by atoms with van der Waals surface area (Å²) in [5, 5.41) is 10.5. The number of alkyl halides is 6. The van der Waals surface area contributed by atoms with Crippen molar-refractivity contribution in [2.75, 3.05) is 51.3 Å². The summed E-state index contributed by atoms with van der Waals surface area (Å²) >= 11 is 3.16. The normalized spacial score (nSPS) is 16.3. The fourth-order valence-corrected chi connectivity index (χ4v) is 5.80. The minimum atomic E-state index is -4.67. The number of hydrogen-bond acceptors (Lipinski definition) is 5. The Morgan fingerprint density at radius 3 is 2.19 bits per heavy atom. The topological polar surface area (TPSA) is 53.8 Å². The molecule has 3 heterocycles. The molecule has 0 saturated carbocycles. The first-order valence-corrected chi connectivity index (χ1v) is 14.5. The Morgan fingerprint density at radius 2 is 1.63 bits per heavy atom. The molecule has 1 fully saturated rings. The Morgan fingerprint density at radius 1 is 1.00 bits per heavy atom. The molecule has 0 radical (unpaired) electrons. The number of ether oxygens (including phenoxy) is 1. The number of aliphatic hydroxyl groups excluding tert-OH is 1. The van der Waals surface area contributed by atoms with E-state index in [4.69, 9.17) is 4.74 Å². The van der Waals surface area contributed by atoms with Crippen LogP contribution in [-0.2, 0) is 17.7 Å². The number of methoxy groups -OCH3 is 1. The lowest BCUT2D eigenvalue weighted by molar-refractivity contribution is -0.146. The van der Waals surface area contributed by atoms with Gasteiger partial charge < -0.3 is 19.3 Å². The van der Waals surface area contributed by atoms with Gasteiger partial charge in [0.05, 0.1) is 45.9 Å². The van der Waals surface area contributed by atoms with E-state index in [0.717, 1.165) is 10.6 Å². The maximum absolute atomic E-state index is 14.8. The fraction of sp³-hybridized carbons (Fsp3) is 0.552. The molecule has 1 aliphatic rings. The van der Waals surface area contributed by atoms with Gasteiger partial charge in [0.2, 0.25) is 0 Å². The maximum Gasteiger partial charge on any atom is 0.406 e. The first-order chi connectivity index (χ1) is 19.9. The van der Waals surface area contributed by atoms with Crippen molar-refractivity contribution < 1.29 is 40.6 Å². The van der Waals surface area contributed by atoms with E-state index in [9.17, 15) is 35.8 Å². The molecule has 1 atom stereocenters. The van der Waals surface area contributed by atoms with Gasteiger partial charge in [-0.2, -0.15) is 26.3 Å². The SMILES string of the molecule is CO[C@@H](C)c1ncc(N2CCN(CC(F)(F)F)CC2)cc1-c1c(CC(C)(C)CO)c2cc(Br)c(F)cc2n1CC(F)(F)F. The van der Waals surface area contributed by atoms with Gasteiger partial charge in [-0.25, -0.2) is 4.39 Å². The summed E-state index contributed by atoms with van der Waals surface area (Å²) in [6, 6.07) is 4.18. The van der Waals surface area contributed by atoms with Crippen LogP contribution in [0.1, 0.15) is 38.1 Å². The van der Waals surface area contributed by atoms with Crippen molar-refractivity contribution >= 4 is 32.5 Å². The first-order valence-electron chi connectivity index (χ1n) is 13.7. The van der Waals surface area contributed by atoms with Gasteiger partial charge in [-0.1, -0.05) is 13.8 Å². The molecule has 3 aromatic rings. The molecule has 0 bridgehead atoms. The summed E-state index contributed by atoms with van der Waals surface area (Å²) in [7, 11) is 1.44. The summed E-state index contributed by atoms with van der Waals surface area (Å²) in [5.41, 5.74) is 1.10. The summed E-state index contributed by atoms with van der Waals surface area (Å²) in [5.74, 6) is -0.734. The smallest absolute Gasteiger partial charge is 0.396 e. The number of benzene rings is 1. The number of anilines is 1. The van der Waals surface area contributed by atoms with Crippen LogP contribution in [0.25, 0.3) is 22.2 Å². The van der Waals surface area contributed by atoms with Crippen molar-refractivity contribution in [3.8, 4) is 11.3 Å². The molecule has 1 aliphatic heterocycles. The van der Waals surface area contributed by atoms with E-state index >= 15 is 0 Å². The van der Waals surface area contributed by atoms with Crippen molar-refractivity contribution in [3.63, 3.8) is 0 Å². The standard InChI is InChI=1S/C29H34BrF7N4O2/c1-17(43-4)25-20(9-18(13-38-25)40-7-5-39(6-8-40)14-28(32,33)34)26-21(12-27(2,3)16-42)19-10-22(30)23(31)11-24(19)41(26)15-29(35,36)37/h9-11,13,17,42H,5-8,12,14-16H2,1-4H3/t17-/m0/s1. The predicted molar refractivity (Wildman–Crippen MR) is 154 cm³/mol. The molecule has 6 nitrogen and oxygen atoms in total. The van der Waals surface area contributed by atoms with Crippen molar-refractivity contribution in [1.82, 2.24) is 14.5 Å². The molecule has 14 heteroatoms. The Hall–Kier alpha value is -2.42. The van der Waals surface area contributed by atoms with Gasteiger partial charge in [0.15, 0.2) is 0 Å². The van der Waals surface area contributed by atoms with Gasteiger partial charge in [-0.05, 0) is 58.5 Å². The monoisotopic (exact) mass is 682 g/mol. The number of hydrogen-bond donors (Lipinski definition) is 1. The van der Waals surface area contributed by atoms with E-state index in [1.807, 2.05) is 4.90 Å². The Balaban J connectivity index is 1.96. The van der Waals surface area contributed by atoms with Crippen LogP contribution in [0.2, 0.25) is 0 Å². The van der Waals surface area contributed by atoms with E-state index in [0.29, 0.717) is 27.9 Å². The minimum Gasteiger partial charge on any atom is -0.396 e. The molecule has 1 aromatic carbocycles. The molecular weight excluding hydrogens is 649 g/mol. The van der Waals surface area contributed by atoms with Crippen LogP contribution in [0.5, 0.6) is 0 Å². The molecule has 0 unspecified atom stereocenters. The Kier molecular flexibility index (Phi) is 9.75. The second-order valence-corrected chi connectivity index (χ2v) is 12.5. The van der Waals surface area contributed by atoms with Crippen molar-refractivity contribution in [2.45, 2.75) is 52.2 Å². The van der Waals surface area contributed by atoms with Crippen LogP contribution in [0.3, 0.4) is 0 Å². The maximum atomic E-state index is 14.8. The lowest BCUT2D eigenvalue weighted by atomic mass is 9.84. The highest BCUT2D eigenvalue weighted by Gasteiger charge is 2.36. The quantitative estimate of drug-likeness (QED) is 0.244. The third-order valence-corrected chi connectivity index (χ3v) is 8.28. The van der Waals surface area contributed by atoms with Gasteiger partial charge >= 0.3 is 12.4 Å². The molecule has 238 valence electrons. The zero-order valence-corrected chi connectivity index (χ0v) is 25.8. The third kappa shape index (κ3) is 7.81. The molecule has 2 aromatic heterocycles. The van der Waals surface area contributed by atoms with Gasteiger partial charge in [-0.3, -0.25) is 9.88 Å². The van der Waals surface area contributed by atoms with Crippen LogP contribution in [0.4, 0.5) is 36.4 Å². The first kappa shape index (κ1) is 33.5. The van der Waals surface area contributed by atoms with Crippen LogP contribution in [0, 0.1) is 11.2 Å². The second-order valence-electron chi connectivity index (χ2n) is 11.7. The number of pyridine rings is 1. The van der Waals surface area contributed by atoms with Crippen LogP contribution in [0.15, 0.2) is 28.9 Å². The van der Waals surface area contributed by atoms with Crippen LogP contribution in [-0.4, -0.2) is 78.4 Å². The van der Waals surface area contributed by atoms with E-state index < -0.39 is 42.8 Å². The Bertz CT molecular complexity index is 1450. The van der Waals surface area contributed by atoms with Crippen LogP contribution < -0.4 is 4.90 Å². The molecule has 4 rings (SSSR count). The van der Waals surface area contributed by atoms with E-state index in [1.54, 1.807) is 26.8 Å². The highest BCUT2D eigenvalue weighted by Crippen LogP contribution is 2.43.